The number of anilines is 1. The van der Waals surface area contributed by atoms with E-state index in [2.05, 4.69) is 44.9 Å². The van der Waals surface area contributed by atoms with E-state index < -0.39 is 0 Å². The van der Waals surface area contributed by atoms with Crippen molar-refractivity contribution in [3.63, 3.8) is 0 Å². The molecule has 0 unspecified atom stereocenters. The van der Waals surface area contributed by atoms with Gasteiger partial charge in [0.15, 0.2) is 0 Å². The molecular weight excluding hydrogens is 188 g/mol. The standard InChI is InChI=1S/C11H14N4/c1-2-14-7-12-11-13-9-5-3-4-6-10(9)15(11)8-14/h3-6H,2,7-8H2,1H3,(H,12,13). The smallest absolute Gasteiger partial charge is 0.206 e. The summed E-state index contributed by atoms with van der Waals surface area (Å²) < 4.78 is 2.22. The highest BCUT2D eigenvalue weighted by molar-refractivity contribution is 5.78. The molecule has 4 heteroatoms. The number of para-hydroxylation sites is 2. The van der Waals surface area contributed by atoms with Crippen molar-refractivity contribution in [2.75, 3.05) is 18.5 Å². The van der Waals surface area contributed by atoms with Crippen LogP contribution >= 0.6 is 0 Å². The fraction of sp³-hybridized carbons (Fsp3) is 0.364. The molecule has 0 saturated heterocycles. The fourth-order valence-electron chi connectivity index (χ4n) is 2.00. The van der Waals surface area contributed by atoms with Crippen LogP contribution in [0.15, 0.2) is 24.3 Å². The number of benzene rings is 1. The number of imidazole rings is 1. The van der Waals surface area contributed by atoms with E-state index in [0.29, 0.717) is 0 Å². The van der Waals surface area contributed by atoms with Gasteiger partial charge in [0.05, 0.1) is 24.4 Å². The van der Waals surface area contributed by atoms with Crippen molar-refractivity contribution in [1.29, 1.82) is 0 Å². The molecule has 15 heavy (non-hydrogen) atoms. The van der Waals surface area contributed by atoms with Crippen LogP contribution in [0.25, 0.3) is 11.0 Å². The van der Waals surface area contributed by atoms with Crippen LogP contribution in [0.2, 0.25) is 0 Å². The van der Waals surface area contributed by atoms with Crippen molar-refractivity contribution in [3.05, 3.63) is 24.3 Å². The average molecular weight is 202 g/mol. The van der Waals surface area contributed by atoms with Crippen LogP contribution in [0.1, 0.15) is 6.92 Å². The number of nitrogens with one attached hydrogen (secondary N) is 1. The molecule has 1 aromatic heterocycles. The Kier molecular flexibility index (Phi) is 1.89. The molecule has 1 aromatic carbocycles. The van der Waals surface area contributed by atoms with Crippen LogP contribution in [0.4, 0.5) is 5.95 Å². The van der Waals surface area contributed by atoms with Crippen molar-refractivity contribution in [1.82, 2.24) is 14.5 Å². The summed E-state index contributed by atoms with van der Waals surface area (Å²) in [5, 5.41) is 3.33. The van der Waals surface area contributed by atoms with Gasteiger partial charge in [-0.3, -0.25) is 9.47 Å². The van der Waals surface area contributed by atoms with Gasteiger partial charge in [-0.1, -0.05) is 19.1 Å². The highest BCUT2D eigenvalue weighted by Crippen LogP contribution is 2.22. The first-order valence-corrected chi connectivity index (χ1v) is 5.30. The van der Waals surface area contributed by atoms with E-state index in [1.165, 1.54) is 5.52 Å². The van der Waals surface area contributed by atoms with E-state index in [0.717, 1.165) is 31.3 Å². The Bertz CT molecular complexity index is 488. The molecule has 0 amide bonds. The Hall–Kier alpha value is -1.55. The predicted molar refractivity (Wildman–Crippen MR) is 60.6 cm³/mol. The summed E-state index contributed by atoms with van der Waals surface area (Å²) in [6.45, 7) is 5.05. The number of hydrogen-bond acceptors (Lipinski definition) is 3. The minimum Gasteiger partial charge on any atom is -0.343 e. The van der Waals surface area contributed by atoms with Crippen molar-refractivity contribution in [3.8, 4) is 0 Å². The van der Waals surface area contributed by atoms with Crippen molar-refractivity contribution in [2.45, 2.75) is 13.6 Å². The van der Waals surface area contributed by atoms with Gasteiger partial charge in [-0.25, -0.2) is 4.98 Å². The zero-order valence-electron chi connectivity index (χ0n) is 8.77. The van der Waals surface area contributed by atoms with Gasteiger partial charge in [0, 0.05) is 0 Å². The van der Waals surface area contributed by atoms with Crippen molar-refractivity contribution in [2.24, 2.45) is 0 Å². The lowest BCUT2D eigenvalue weighted by Crippen LogP contribution is -2.36. The molecule has 1 aliphatic heterocycles. The lowest BCUT2D eigenvalue weighted by Gasteiger charge is -2.27. The first kappa shape index (κ1) is 8.73. The van der Waals surface area contributed by atoms with Crippen LogP contribution in [0.3, 0.4) is 0 Å². The molecular formula is C11H14N4. The van der Waals surface area contributed by atoms with Gasteiger partial charge in [-0.05, 0) is 18.7 Å². The predicted octanol–water partition coefficient (Wildman–Crippen LogP) is 1.70. The van der Waals surface area contributed by atoms with Crippen LogP contribution in [0, 0.1) is 0 Å². The topological polar surface area (TPSA) is 33.1 Å². The second kappa shape index (κ2) is 3.24. The number of fused-ring (bicyclic) bond motifs is 3. The summed E-state index contributed by atoms with van der Waals surface area (Å²) in [6, 6.07) is 8.26. The van der Waals surface area contributed by atoms with Crippen LogP contribution in [0.5, 0.6) is 0 Å². The summed E-state index contributed by atoms with van der Waals surface area (Å²) in [4.78, 5) is 6.88. The molecule has 1 N–H and O–H groups in total. The zero-order valence-corrected chi connectivity index (χ0v) is 8.77. The Morgan fingerprint density at radius 3 is 3.13 bits per heavy atom. The second-order valence-electron chi connectivity index (χ2n) is 3.82. The van der Waals surface area contributed by atoms with Crippen LogP contribution in [-0.2, 0) is 6.67 Å². The molecule has 0 spiro atoms. The Labute approximate surface area is 88.5 Å². The number of rotatable bonds is 1. The third kappa shape index (κ3) is 1.29. The number of aromatic nitrogens is 2. The van der Waals surface area contributed by atoms with E-state index >= 15 is 0 Å². The van der Waals surface area contributed by atoms with Gasteiger partial charge in [0.25, 0.3) is 0 Å². The van der Waals surface area contributed by atoms with Crippen LogP contribution < -0.4 is 5.32 Å². The second-order valence-corrected chi connectivity index (χ2v) is 3.82. The molecule has 2 heterocycles. The molecule has 2 aromatic rings. The molecule has 3 rings (SSSR count). The highest BCUT2D eigenvalue weighted by Gasteiger charge is 2.17. The lowest BCUT2D eigenvalue weighted by molar-refractivity contribution is 0.234. The number of hydrogen-bond donors (Lipinski definition) is 1. The zero-order chi connectivity index (χ0) is 10.3. The van der Waals surface area contributed by atoms with Gasteiger partial charge in [-0.2, -0.15) is 0 Å². The molecule has 0 saturated carbocycles. The quantitative estimate of drug-likeness (QED) is 0.764. The van der Waals surface area contributed by atoms with E-state index in [-0.39, 0.29) is 0 Å². The summed E-state index contributed by atoms with van der Waals surface area (Å²) >= 11 is 0. The van der Waals surface area contributed by atoms with E-state index in [1.807, 2.05) is 6.07 Å². The molecule has 4 nitrogen and oxygen atoms in total. The SMILES string of the molecule is CCN1CNc2nc3ccccc3n2C1. The third-order valence-corrected chi connectivity index (χ3v) is 2.90. The number of nitrogens with zero attached hydrogens (tertiary/aromatic N) is 3. The maximum atomic E-state index is 4.55. The maximum absolute atomic E-state index is 4.55. The molecule has 0 bridgehead atoms. The van der Waals surface area contributed by atoms with Gasteiger partial charge >= 0.3 is 0 Å². The largest absolute Gasteiger partial charge is 0.343 e. The molecule has 0 fully saturated rings. The molecule has 0 atom stereocenters. The van der Waals surface area contributed by atoms with E-state index in [4.69, 9.17) is 0 Å². The summed E-state index contributed by atoms with van der Waals surface area (Å²) in [5.74, 6) is 0.987. The van der Waals surface area contributed by atoms with Gasteiger partial charge in [0.1, 0.15) is 0 Å². The lowest BCUT2D eigenvalue weighted by atomic mass is 10.3. The third-order valence-electron chi connectivity index (χ3n) is 2.90. The Morgan fingerprint density at radius 1 is 1.40 bits per heavy atom. The molecule has 0 aliphatic carbocycles. The average Bonchev–Trinajstić information content (AvgIpc) is 2.66. The summed E-state index contributed by atoms with van der Waals surface area (Å²) in [5.41, 5.74) is 2.27. The monoisotopic (exact) mass is 202 g/mol. The van der Waals surface area contributed by atoms with Gasteiger partial charge < -0.3 is 5.32 Å². The van der Waals surface area contributed by atoms with E-state index in [1.54, 1.807) is 0 Å². The normalized spacial score (nSPS) is 16.3. The molecule has 1 aliphatic rings. The Morgan fingerprint density at radius 2 is 2.27 bits per heavy atom. The minimum atomic E-state index is 0.889. The first-order chi connectivity index (χ1) is 7.38. The molecule has 78 valence electrons. The Balaban J connectivity index is 2.14. The first-order valence-electron chi connectivity index (χ1n) is 5.30. The van der Waals surface area contributed by atoms with Gasteiger partial charge in [-0.15, -0.1) is 0 Å². The van der Waals surface area contributed by atoms with E-state index in [9.17, 15) is 0 Å². The highest BCUT2D eigenvalue weighted by atomic mass is 15.4. The van der Waals surface area contributed by atoms with Crippen LogP contribution in [-0.4, -0.2) is 27.7 Å². The van der Waals surface area contributed by atoms with Gasteiger partial charge in [0.2, 0.25) is 5.95 Å². The van der Waals surface area contributed by atoms with Crippen molar-refractivity contribution >= 4 is 17.0 Å². The summed E-state index contributed by atoms with van der Waals surface area (Å²) in [6.07, 6.45) is 0. The maximum Gasteiger partial charge on any atom is 0.206 e. The fourth-order valence-corrected chi connectivity index (χ4v) is 2.00. The minimum absolute atomic E-state index is 0.889. The van der Waals surface area contributed by atoms with Crippen molar-refractivity contribution < 1.29 is 0 Å². The summed E-state index contributed by atoms with van der Waals surface area (Å²) in [7, 11) is 0. The molecule has 0 radical (unpaired) electrons.